The summed E-state index contributed by atoms with van der Waals surface area (Å²) in [5, 5.41) is 16.4. The molecule has 0 saturated heterocycles. The van der Waals surface area contributed by atoms with E-state index in [1.165, 1.54) is 12.3 Å². The zero-order valence-corrected chi connectivity index (χ0v) is 8.60. The van der Waals surface area contributed by atoms with Crippen molar-refractivity contribution in [3.05, 3.63) is 12.3 Å². The third-order valence-electron chi connectivity index (χ3n) is 2.09. The highest BCUT2D eigenvalue weighted by molar-refractivity contribution is 6.00. The van der Waals surface area contributed by atoms with E-state index in [1.807, 2.05) is 6.92 Å². The van der Waals surface area contributed by atoms with Crippen molar-refractivity contribution < 1.29 is 19.4 Å². The minimum Gasteiger partial charge on any atom is -0.488 e. The van der Waals surface area contributed by atoms with Crippen LogP contribution in [0.2, 0.25) is 0 Å². The molecule has 0 radical (unpaired) electrons. The second-order valence-corrected chi connectivity index (χ2v) is 3.30. The van der Waals surface area contributed by atoms with Crippen LogP contribution in [0, 0.1) is 5.41 Å². The van der Waals surface area contributed by atoms with Gasteiger partial charge in [-0.2, -0.15) is 0 Å². The number of ether oxygens (including phenoxy) is 2. The molecule has 5 heteroatoms. The predicted molar refractivity (Wildman–Crippen MR) is 54.0 cm³/mol. The van der Waals surface area contributed by atoms with Gasteiger partial charge in [-0.15, -0.1) is 0 Å². The molecule has 2 unspecified atom stereocenters. The molecule has 84 valence electrons. The number of carboxylic acid groups (broad SMARTS) is 1. The molecule has 1 heterocycles. The number of rotatable bonds is 6. The predicted octanol–water partition coefficient (Wildman–Crippen LogP) is 1.19. The molecule has 1 aliphatic heterocycles. The molecule has 0 aromatic heterocycles. The van der Waals surface area contributed by atoms with Crippen LogP contribution in [0.3, 0.4) is 0 Å². The molecular formula is C10H15NO4. The van der Waals surface area contributed by atoms with Crippen molar-refractivity contribution >= 4 is 11.7 Å². The van der Waals surface area contributed by atoms with Gasteiger partial charge < -0.3 is 20.0 Å². The molecule has 15 heavy (non-hydrogen) atoms. The monoisotopic (exact) mass is 213 g/mol. The molecule has 1 rings (SSSR count). The number of nitrogens with one attached hydrogen (secondary N) is 1. The Bertz CT molecular complexity index is 275. The van der Waals surface area contributed by atoms with E-state index in [2.05, 4.69) is 0 Å². The first-order valence-electron chi connectivity index (χ1n) is 4.91. The fraction of sp³-hybridized carbons (Fsp3) is 0.600. The zero-order valence-electron chi connectivity index (χ0n) is 8.60. The van der Waals surface area contributed by atoms with Crippen molar-refractivity contribution in [1.29, 1.82) is 5.41 Å². The number of hydrogen-bond acceptors (Lipinski definition) is 4. The number of aliphatic carboxylic acids is 1. The van der Waals surface area contributed by atoms with Gasteiger partial charge in [0.1, 0.15) is 0 Å². The normalized spacial score (nSPS) is 21.4. The molecule has 0 aromatic rings. The number of carboxylic acids is 1. The van der Waals surface area contributed by atoms with Crippen molar-refractivity contribution in [3.63, 3.8) is 0 Å². The molecular weight excluding hydrogens is 198 g/mol. The first-order chi connectivity index (χ1) is 7.16. The summed E-state index contributed by atoms with van der Waals surface area (Å²) in [6, 6.07) is 0. The van der Waals surface area contributed by atoms with Crippen LogP contribution >= 0.6 is 0 Å². The molecule has 0 amide bonds. The molecule has 0 aromatic carbocycles. The molecule has 2 atom stereocenters. The SMILES string of the molecule is CCCCOC(C(=O)O)C1OC=CC1=N. The summed E-state index contributed by atoms with van der Waals surface area (Å²) in [4.78, 5) is 10.9. The molecule has 0 aliphatic carbocycles. The molecule has 1 aliphatic rings. The summed E-state index contributed by atoms with van der Waals surface area (Å²) in [6.07, 6.45) is 2.61. The molecule has 5 nitrogen and oxygen atoms in total. The minimum atomic E-state index is -1.09. The molecule has 0 fully saturated rings. The standard InChI is InChI=1S/C10H15NO4/c1-2-3-5-14-9(10(12)13)8-7(11)4-6-15-8/h4,6,8-9,11H,2-3,5H2,1H3,(H,12,13). The third kappa shape index (κ3) is 3.06. The van der Waals surface area contributed by atoms with Gasteiger partial charge in [0.05, 0.1) is 12.0 Å². The lowest BCUT2D eigenvalue weighted by atomic mass is 10.1. The van der Waals surface area contributed by atoms with E-state index in [4.69, 9.17) is 20.0 Å². The first-order valence-corrected chi connectivity index (χ1v) is 4.91. The van der Waals surface area contributed by atoms with Crippen LogP contribution in [-0.4, -0.2) is 35.6 Å². The van der Waals surface area contributed by atoms with Gasteiger partial charge in [0.15, 0.2) is 12.2 Å². The van der Waals surface area contributed by atoms with Gasteiger partial charge in [-0.3, -0.25) is 0 Å². The van der Waals surface area contributed by atoms with Crippen LogP contribution in [0.5, 0.6) is 0 Å². The third-order valence-corrected chi connectivity index (χ3v) is 2.09. The van der Waals surface area contributed by atoms with Crippen LogP contribution in [-0.2, 0) is 14.3 Å². The fourth-order valence-corrected chi connectivity index (χ4v) is 1.24. The maximum Gasteiger partial charge on any atom is 0.337 e. The van der Waals surface area contributed by atoms with E-state index in [0.717, 1.165) is 12.8 Å². The summed E-state index contributed by atoms with van der Waals surface area (Å²) >= 11 is 0. The summed E-state index contributed by atoms with van der Waals surface area (Å²) in [5.74, 6) is -1.09. The summed E-state index contributed by atoms with van der Waals surface area (Å²) < 4.78 is 10.2. The highest BCUT2D eigenvalue weighted by Crippen LogP contribution is 2.13. The minimum absolute atomic E-state index is 0.138. The topological polar surface area (TPSA) is 79.6 Å². The Morgan fingerprint density at radius 3 is 3.00 bits per heavy atom. The van der Waals surface area contributed by atoms with Crippen molar-refractivity contribution in [2.24, 2.45) is 0 Å². The molecule has 0 saturated carbocycles. The van der Waals surface area contributed by atoms with Crippen LogP contribution in [0.1, 0.15) is 19.8 Å². The van der Waals surface area contributed by atoms with Gasteiger partial charge in [-0.05, 0) is 12.5 Å². The van der Waals surface area contributed by atoms with Crippen LogP contribution in [0.4, 0.5) is 0 Å². The fourth-order valence-electron chi connectivity index (χ4n) is 1.24. The van der Waals surface area contributed by atoms with Gasteiger partial charge in [-0.25, -0.2) is 4.79 Å². The Morgan fingerprint density at radius 2 is 2.53 bits per heavy atom. The Labute approximate surface area is 88.2 Å². The highest BCUT2D eigenvalue weighted by Gasteiger charge is 2.34. The average Bonchev–Trinajstić information content (AvgIpc) is 2.59. The Balaban J connectivity index is 2.50. The van der Waals surface area contributed by atoms with Crippen molar-refractivity contribution in [1.82, 2.24) is 0 Å². The number of hydrogen-bond donors (Lipinski definition) is 2. The highest BCUT2D eigenvalue weighted by atomic mass is 16.6. The maximum atomic E-state index is 10.9. The molecule has 0 spiro atoms. The van der Waals surface area contributed by atoms with Crippen LogP contribution < -0.4 is 0 Å². The van der Waals surface area contributed by atoms with Gasteiger partial charge in [-0.1, -0.05) is 13.3 Å². The Morgan fingerprint density at radius 1 is 1.80 bits per heavy atom. The maximum absolute atomic E-state index is 10.9. The van der Waals surface area contributed by atoms with E-state index in [9.17, 15) is 4.79 Å². The van der Waals surface area contributed by atoms with Gasteiger partial charge in [0.2, 0.25) is 0 Å². The van der Waals surface area contributed by atoms with E-state index < -0.39 is 18.2 Å². The quantitative estimate of drug-likeness (QED) is 0.649. The van der Waals surface area contributed by atoms with Gasteiger partial charge in [0, 0.05) is 6.61 Å². The van der Waals surface area contributed by atoms with E-state index in [1.54, 1.807) is 0 Å². The Kier molecular flexibility index (Phi) is 4.30. The van der Waals surface area contributed by atoms with E-state index in [0.29, 0.717) is 6.61 Å². The lowest BCUT2D eigenvalue weighted by Gasteiger charge is -2.19. The lowest BCUT2D eigenvalue weighted by molar-refractivity contribution is -0.155. The second kappa shape index (κ2) is 5.50. The van der Waals surface area contributed by atoms with Crippen molar-refractivity contribution in [2.75, 3.05) is 6.61 Å². The Hall–Kier alpha value is -1.36. The first kappa shape index (κ1) is 11.7. The lowest BCUT2D eigenvalue weighted by Crippen LogP contribution is -2.40. The van der Waals surface area contributed by atoms with Crippen molar-refractivity contribution in [2.45, 2.75) is 32.0 Å². The average molecular weight is 213 g/mol. The van der Waals surface area contributed by atoms with Crippen LogP contribution in [0.25, 0.3) is 0 Å². The van der Waals surface area contributed by atoms with Crippen LogP contribution in [0.15, 0.2) is 12.3 Å². The molecule has 2 N–H and O–H groups in total. The largest absolute Gasteiger partial charge is 0.488 e. The van der Waals surface area contributed by atoms with E-state index in [-0.39, 0.29) is 5.71 Å². The summed E-state index contributed by atoms with van der Waals surface area (Å²) in [6.45, 7) is 2.37. The van der Waals surface area contributed by atoms with Gasteiger partial charge >= 0.3 is 5.97 Å². The molecule has 0 bridgehead atoms. The number of unbranched alkanes of at least 4 members (excludes halogenated alkanes) is 1. The second-order valence-electron chi connectivity index (χ2n) is 3.30. The van der Waals surface area contributed by atoms with Gasteiger partial charge in [0.25, 0.3) is 0 Å². The zero-order chi connectivity index (χ0) is 11.3. The summed E-state index contributed by atoms with van der Waals surface area (Å²) in [7, 11) is 0. The summed E-state index contributed by atoms with van der Waals surface area (Å²) in [5.41, 5.74) is 0.138. The van der Waals surface area contributed by atoms with E-state index >= 15 is 0 Å². The number of carbonyl (C=O) groups is 1. The smallest absolute Gasteiger partial charge is 0.337 e. The van der Waals surface area contributed by atoms with Crippen molar-refractivity contribution in [3.8, 4) is 0 Å².